The third kappa shape index (κ3) is 2.53. The summed E-state index contributed by atoms with van der Waals surface area (Å²) in [5, 5.41) is 10.7. The Kier molecular flexibility index (Phi) is 3.65. The second kappa shape index (κ2) is 5.06. The van der Waals surface area contributed by atoms with Crippen LogP contribution in [-0.4, -0.2) is 33.6 Å². The Labute approximate surface area is 113 Å². The largest absolute Gasteiger partial charge is 0.337 e. The van der Waals surface area contributed by atoms with Crippen molar-refractivity contribution in [2.75, 3.05) is 13.1 Å². The summed E-state index contributed by atoms with van der Waals surface area (Å²) in [4.78, 5) is 24.5. The minimum Gasteiger partial charge on any atom is -0.337 e. The van der Waals surface area contributed by atoms with Gasteiger partial charge >= 0.3 is 0 Å². The van der Waals surface area contributed by atoms with E-state index in [4.69, 9.17) is 0 Å². The van der Waals surface area contributed by atoms with E-state index in [1.54, 1.807) is 17.9 Å². The Balaban J connectivity index is 2.21. The quantitative estimate of drug-likeness (QED) is 0.479. The molecule has 6 heteroatoms. The van der Waals surface area contributed by atoms with Crippen LogP contribution < -0.4 is 0 Å². The molecule has 1 amide bonds. The van der Waals surface area contributed by atoms with Gasteiger partial charge in [-0.1, -0.05) is 15.9 Å². The highest BCUT2D eigenvalue weighted by Crippen LogP contribution is 2.22. The summed E-state index contributed by atoms with van der Waals surface area (Å²) in [6, 6.07) is 4.50. The van der Waals surface area contributed by atoms with Gasteiger partial charge in [-0.25, -0.2) is 0 Å². The molecule has 1 unspecified atom stereocenters. The number of benzene rings is 1. The summed E-state index contributed by atoms with van der Waals surface area (Å²) in [5.41, 5.74) is 1.08. The van der Waals surface area contributed by atoms with Crippen molar-refractivity contribution in [3.8, 4) is 0 Å². The molecule has 1 saturated heterocycles. The van der Waals surface area contributed by atoms with E-state index in [0.29, 0.717) is 22.5 Å². The molecular weight excluding hydrogens is 300 g/mol. The molecule has 1 atom stereocenters. The standard InChI is InChI=1S/C12H13BrN2O3/c1-8-6-9(2-3-11(8)15(17)18)12(16)14-5-4-10(13)7-14/h2-3,6,10H,4-5,7H2,1H3. The third-order valence-electron chi connectivity index (χ3n) is 3.06. The molecule has 1 aromatic carbocycles. The maximum atomic E-state index is 12.2. The Bertz CT molecular complexity index is 504. The maximum Gasteiger partial charge on any atom is 0.272 e. The number of rotatable bonds is 2. The molecule has 18 heavy (non-hydrogen) atoms. The Morgan fingerprint density at radius 3 is 2.78 bits per heavy atom. The first-order valence-electron chi connectivity index (χ1n) is 5.67. The molecule has 5 nitrogen and oxygen atoms in total. The van der Waals surface area contributed by atoms with E-state index in [1.165, 1.54) is 12.1 Å². The van der Waals surface area contributed by atoms with Gasteiger partial charge < -0.3 is 4.90 Å². The van der Waals surface area contributed by atoms with Crippen LogP contribution in [0, 0.1) is 17.0 Å². The molecule has 1 aromatic rings. The molecule has 0 N–H and O–H groups in total. The molecular formula is C12H13BrN2O3. The van der Waals surface area contributed by atoms with Gasteiger partial charge in [0.15, 0.2) is 0 Å². The second-order valence-corrected chi connectivity index (χ2v) is 5.69. The SMILES string of the molecule is Cc1cc(C(=O)N2CCC(Br)C2)ccc1[N+](=O)[O-]. The molecule has 2 rings (SSSR count). The molecule has 1 heterocycles. The summed E-state index contributed by atoms with van der Waals surface area (Å²) in [6.07, 6.45) is 0.942. The first-order valence-corrected chi connectivity index (χ1v) is 6.59. The summed E-state index contributed by atoms with van der Waals surface area (Å²) < 4.78 is 0. The molecule has 1 fully saturated rings. The van der Waals surface area contributed by atoms with Crippen LogP contribution in [0.25, 0.3) is 0 Å². The molecule has 0 aromatic heterocycles. The van der Waals surface area contributed by atoms with E-state index in [9.17, 15) is 14.9 Å². The normalized spacial score (nSPS) is 19.0. The van der Waals surface area contributed by atoms with Crippen molar-refractivity contribution in [2.45, 2.75) is 18.2 Å². The number of aryl methyl sites for hydroxylation is 1. The minimum absolute atomic E-state index is 0.0475. The van der Waals surface area contributed by atoms with Crippen molar-refractivity contribution < 1.29 is 9.72 Å². The maximum absolute atomic E-state index is 12.2. The highest BCUT2D eigenvalue weighted by atomic mass is 79.9. The van der Waals surface area contributed by atoms with Crippen molar-refractivity contribution in [1.29, 1.82) is 0 Å². The first-order chi connectivity index (χ1) is 8.49. The average Bonchev–Trinajstić information content (AvgIpc) is 2.74. The van der Waals surface area contributed by atoms with Gasteiger partial charge in [-0.15, -0.1) is 0 Å². The number of nitro benzene ring substituents is 1. The zero-order valence-electron chi connectivity index (χ0n) is 9.93. The van der Waals surface area contributed by atoms with Crippen LogP contribution in [0.5, 0.6) is 0 Å². The van der Waals surface area contributed by atoms with Gasteiger partial charge in [0.1, 0.15) is 0 Å². The van der Waals surface area contributed by atoms with Crippen molar-refractivity contribution >= 4 is 27.5 Å². The van der Waals surface area contributed by atoms with E-state index in [0.717, 1.165) is 13.0 Å². The fraction of sp³-hybridized carbons (Fsp3) is 0.417. The van der Waals surface area contributed by atoms with Crippen molar-refractivity contribution in [2.24, 2.45) is 0 Å². The fourth-order valence-electron chi connectivity index (χ4n) is 2.08. The lowest BCUT2D eigenvalue weighted by Crippen LogP contribution is -2.28. The lowest BCUT2D eigenvalue weighted by atomic mass is 10.1. The fourth-order valence-corrected chi connectivity index (χ4v) is 2.63. The number of alkyl halides is 1. The highest BCUT2D eigenvalue weighted by Gasteiger charge is 2.25. The van der Waals surface area contributed by atoms with Crippen LogP contribution in [0.3, 0.4) is 0 Å². The van der Waals surface area contributed by atoms with Crippen LogP contribution in [0.1, 0.15) is 22.3 Å². The topological polar surface area (TPSA) is 63.5 Å². The van der Waals surface area contributed by atoms with Gasteiger partial charge in [0, 0.05) is 35.1 Å². The predicted octanol–water partition coefficient (Wildman–Crippen LogP) is 2.51. The number of carbonyl (C=O) groups excluding carboxylic acids is 1. The molecule has 0 saturated carbocycles. The molecule has 96 valence electrons. The lowest BCUT2D eigenvalue weighted by Gasteiger charge is -2.15. The zero-order valence-corrected chi connectivity index (χ0v) is 11.5. The number of halogens is 1. The van der Waals surface area contributed by atoms with E-state index in [-0.39, 0.29) is 11.6 Å². The van der Waals surface area contributed by atoms with E-state index in [2.05, 4.69) is 15.9 Å². The number of hydrogen-bond acceptors (Lipinski definition) is 3. The molecule has 1 aliphatic heterocycles. The summed E-state index contributed by atoms with van der Waals surface area (Å²) in [6.45, 7) is 3.06. The smallest absolute Gasteiger partial charge is 0.272 e. The average molecular weight is 313 g/mol. The predicted molar refractivity (Wildman–Crippen MR) is 71.1 cm³/mol. The molecule has 0 bridgehead atoms. The lowest BCUT2D eigenvalue weighted by molar-refractivity contribution is -0.385. The monoisotopic (exact) mass is 312 g/mol. The number of likely N-dealkylation sites (tertiary alicyclic amines) is 1. The van der Waals surface area contributed by atoms with Gasteiger partial charge in [-0.2, -0.15) is 0 Å². The Hall–Kier alpha value is -1.43. The minimum atomic E-state index is -0.437. The van der Waals surface area contributed by atoms with Gasteiger partial charge in [-0.05, 0) is 25.5 Å². The second-order valence-electron chi connectivity index (χ2n) is 4.40. The molecule has 0 spiro atoms. The summed E-state index contributed by atoms with van der Waals surface area (Å²) in [5.74, 6) is -0.0602. The van der Waals surface area contributed by atoms with Crippen LogP contribution >= 0.6 is 15.9 Å². The van der Waals surface area contributed by atoms with Crippen LogP contribution in [-0.2, 0) is 0 Å². The van der Waals surface area contributed by atoms with E-state index >= 15 is 0 Å². The molecule has 0 aliphatic carbocycles. The number of hydrogen-bond donors (Lipinski definition) is 0. The van der Waals surface area contributed by atoms with Gasteiger partial charge in [0.25, 0.3) is 11.6 Å². The summed E-state index contributed by atoms with van der Waals surface area (Å²) in [7, 11) is 0. The van der Waals surface area contributed by atoms with E-state index < -0.39 is 4.92 Å². The van der Waals surface area contributed by atoms with Crippen LogP contribution in [0.15, 0.2) is 18.2 Å². The molecule has 0 radical (unpaired) electrons. The van der Waals surface area contributed by atoms with Crippen LogP contribution in [0.4, 0.5) is 5.69 Å². The number of carbonyl (C=O) groups is 1. The van der Waals surface area contributed by atoms with Gasteiger partial charge in [0.05, 0.1) is 4.92 Å². The first kappa shape index (κ1) is 13.0. The Morgan fingerprint density at radius 2 is 2.28 bits per heavy atom. The van der Waals surface area contributed by atoms with Crippen molar-refractivity contribution in [3.63, 3.8) is 0 Å². The highest BCUT2D eigenvalue weighted by molar-refractivity contribution is 9.09. The third-order valence-corrected chi connectivity index (χ3v) is 3.81. The number of amides is 1. The van der Waals surface area contributed by atoms with Gasteiger partial charge in [-0.3, -0.25) is 14.9 Å². The van der Waals surface area contributed by atoms with Crippen molar-refractivity contribution in [3.05, 3.63) is 39.4 Å². The van der Waals surface area contributed by atoms with Crippen molar-refractivity contribution in [1.82, 2.24) is 4.90 Å². The molecule has 1 aliphatic rings. The zero-order chi connectivity index (χ0) is 13.3. The number of nitrogens with zero attached hydrogens (tertiary/aromatic N) is 2. The number of nitro groups is 1. The Morgan fingerprint density at radius 1 is 1.56 bits per heavy atom. The van der Waals surface area contributed by atoms with Gasteiger partial charge in [0.2, 0.25) is 0 Å². The summed E-state index contributed by atoms with van der Waals surface area (Å²) >= 11 is 3.48. The van der Waals surface area contributed by atoms with E-state index in [1.807, 2.05) is 0 Å². The van der Waals surface area contributed by atoms with Crippen LogP contribution in [0.2, 0.25) is 0 Å².